The molecule has 3 heteroatoms. The van der Waals surface area contributed by atoms with Crippen LogP contribution >= 0.6 is 15.9 Å². The van der Waals surface area contributed by atoms with Gasteiger partial charge in [-0.15, -0.1) is 0 Å². The van der Waals surface area contributed by atoms with Gasteiger partial charge in [-0.2, -0.15) is 0 Å². The Labute approximate surface area is 111 Å². The summed E-state index contributed by atoms with van der Waals surface area (Å²) in [6.45, 7) is 0. The molecule has 1 aromatic carbocycles. The predicted molar refractivity (Wildman–Crippen MR) is 73.3 cm³/mol. The molecule has 3 atom stereocenters. The fourth-order valence-corrected chi connectivity index (χ4v) is 3.65. The highest BCUT2D eigenvalue weighted by atomic mass is 79.9. The number of rotatable bonds is 1. The zero-order valence-corrected chi connectivity index (χ0v) is 11.4. The Balaban J connectivity index is 1.89. The minimum Gasteiger partial charge on any atom is -0.393 e. The fraction of sp³-hybridized carbons (Fsp3) is 0.571. The van der Waals surface area contributed by atoms with Crippen LogP contribution in [-0.2, 0) is 0 Å². The summed E-state index contributed by atoms with van der Waals surface area (Å²) >= 11 is 3.48. The van der Waals surface area contributed by atoms with Gasteiger partial charge in [-0.05, 0) is 56.4 Å². The van der Waals surface area contributed by atoms with Gasteiger partial charge >= 0.3 is 0 Å². The first-order chi connectivity index (χ1) is 8.24. The molecule has 2 fully saturated rings. The van der Waals surface area contributed by atoms with Crippen LogP contribution in [0.4, 0.5) is 5.69 Å². The predicted octanol–water partition coefficient (Wildman–Crippen LogP) is 3.33. The number of piperidine rings is 2. The van der Waals surface area contributed by atoms with Crippen LogP contribution in [0.1, 0.15) is 32.1 Å². The van der Waals surface area contributed by atoms with Crippen LogP contribution < -0.4 is 4.90 Å². The number of hydrogen-bond acceptors (Lipinski definition) is 2. The summed E-state index contributed by atoms with van der Waals surface area (Å²) in [5.74, 6) is 0. The monoisotopic (exact) mass is 295 g/mol. The largest absolute Gasteiger partial charge is 0.393 e. The minimum absolute atomic E-state index is 0.0861. The van der Waals surface area contributed by atoms with E-state index in [4.69, 9.17) is 0 Å². The molecule has 17 heavy (non-hydrogen) atoms. The van der Waals surface area contributed by atoms with Crippen LogP contribution in [0.25, 0.3) is 0 Å². The van der Waals surface area contributed by atoms with Gasteiger partial charge < -0.3 is 10.0 Å². The van der Waals surface area contributed by atoms with E-state index in [1.54, 1.807) is 0 Å². The van der Waals surface area contributed by atoms with Crippen molar-refractivity contribution in [2.24, 2.45) is 0 Å². The van der Waals surface area contributed by atoms with Crippen molar-refractivity contribution in [1.82, 2.24) is 0 Å². The lowest BCUT2D eigenvalue weighted by Gasteiger charge is -2.49. The second-order valence-electron chi connectivity index (χ2n) is 5.25. The summed E-state index contributed by atoms with van der Waals surface area (Å²) in [6, 6.07) is 9.67. The van der Waals surface area contributed by atoms with Gasteiger partial charge in [-0.25, -0.2) is 0 Å². The van der Waals surface area contributed by atoms with Gasteiger partial charge in [0.25, 0.3) is 0 Å². The van der Waals surface area contributed by atoms with E-state index in [0.29, 0.717) is 12.1 Å². The maximum Gasteiger partial charge on any atom is 0.0579 e. The Kier molecular flexibility index (Phi) is 3.14. The van der Waals surface area contributed by atoms with Gasteiger partial charge in [-0.1, -0.05) is 15.9 Å². The summed E-state index contributed by atoms with van der Waals surface area (Å²) in [5.41, 5.74) is 1.31. The Morgan fingerprint density at radius 3 is 2.24 bits per heavy atom. The van der Waals surface area contributed by atoms with Gasteiger partial charge in [0.05, 0.1) is 6.10 Å². The zero-order valence-electron chi connectivity index (χ0n) is 9.85. The van der Waals surface area contributed by atoms with Crippen LogP contribution in [0, 0.1) is 0 Å². The van der Waals surface area contributed by atoms with E-state index in [2.05, 4.69) is 45.1 Å². The van der Waals surface area contributed by atoms with Crippen molar-refractivity contribution in [3.63, 3.8) is 0 Å². The molecule has 2 saturated heterocycles. The molecule has 0 unspecified atom stereocenters. The number of nitrogens with zero attached hydrogens (tertiary/aromatic N) is 1. The lowest BCUT2D eigenvalue weighted by atomic mass is 9.82. The zero-order chi connectivity index (χ0) is 11.8. The SMILES string of the molecule is O[C@H]1C[C@H]2CCC[C@@H](C1)N2c1ccc(Br)cc1. The number of aliphatic hydroxyl groups excluding tert-OH is 1. The highest BCUT2D eigenvalue weighted by molar-refractivity contribution is 9.10. The van der Waals surface area contributed by atoms with E-state index in [0.717, 1.165) is 17.3 Å². The van der Waals surface area contributed by atoms with Crippen molar-refractivity contribution >= 4 is 21.6 Å². The first kappa shape index (κ1) is 11.5. The smallest absolute Gasteiger partial charge is 0.0579 e. The second kappa shape index (κ2) is 4.62. The van der Waals surface area contributed by atoms with Gasteiger partial charge in [0.1, 0.15) is 0 Å². The molecule has 2 aliphatic heterocycles. The summed E-state index contributed by atoms with van der Waals surface area (Å²) in [6.07, 6.45) is 5.55. The van der Waals surface area contributed by atoms with Crippen LogP contribution in [-0.4, -0.2) is 23.3 Å². The van der Waals surface area contributed by atoms with Crippen molar-refractivity contribution < 1.29 is 5.11 Å². The maximum atomic E-state index is 9.89. The summed E-state index contributed by atoms with van der Waals surface area (Å²) in [7, 11) is 0. The van der Waals surface area contributed by atoms with Crippen LogP contribution in [0.5, 0.6) is 0 Å². The fourth-order valence-electron chi connectivity index (χ4n) is 3.39. The Morgan fingerprint density at radius 2 is 1.65 bits per heavy atom. The topological polar surface area (TPSA) is 23.5 Å². The molecule has 2 nitrogen and oxygen atoms in total. The molecule has 0 spiro atoms. The first-order valence-corrected chi connectivity index (χ1v) is 7.25. The number of hydrogen-bond donors (Lipinski definition) is 1. The second-order valence-corrected chi connectivity index (χ2v) is 6.16. The molecule has 3 rings (SSSR count). The van der Waals surface area contributed by atoms with E-state index in [9.17, 15) is 5.11 Å². The van der Waals surface area contributed by atoms with Gasteiger partial charge in [0.2, 0.25) is 0 Å². The Bertz CT molecular complexity index is 378. The lowest BCUT2D eigenvalue weighted by Crippen LogP contribution is -2.53. The molecule has 2 bridgehead atoms. The number of halogens is 1. The van der Waals surface area contributed by atoms with Crippen molar-refractivity contribution in [2.75, 3.05) is 4.90 Å². The molecule has 1 N–H and O–H groups in total. The highest BCUT2D eigenvalue weighted by Crippen LogP contribution is 2.37. The number of fused-ring (bicyclic) bond motifs is 2. The highest BCUT2D eigenvalue weighted by Gasteiger charge is 2.37. The normalized spacial score (nSPS) is 32.6. The van der Waals surface area contributed by atoms with Crippen LogP contribution in [0.3, 0.4) is 0 Å². The quantitative estimate of drug-likeness (QED) is 0.859. The van der Waals surface area contributed by atoms with Crippen molar-refractivity contribution in [3.8, 4) is 0 Å². The molecule has 2 aliphatic rings. The Hall–Kier alpha value is -0.540. The average Bonchev–Trinajstić information content (AvgIpc) is 2.29. The van der Waals surface area contributed by atoms with Gasteiger partial charge in [0.15, 0.2) is 0 Å². The standard InChI is InChI=1S/C14H18BrNO/c15-10-4-6-11(7-5-10)16-12-2-1-3-13(16)9-14(17)8-12/h4-7,12-14,17H,1-3,8-9H2/t12-,13+,14+. The molecule has 2 heterocycles. The maximum absolute atomic E-state index is 9.89. The van der Waals surface area contributed by atoms with Crippen molar-refractivity contribution in [1.29, 1.82) is 0 Å². The molecular formula is C14H18BrNO. The van der Waals surface area contributed by atoms with E-state index < -0.39 is 0 Å². The number of anilines is 1. The van der Waals surface area contributed by atoms with Gasteiger partial charge in [0, 0.05) is 22.2 Å². The molecular weight excluding hydrogens is 278 g/mol. The molecule has 1 aromatic rings. The summed E-state index contributed by atoms with van der Waals surface area (Å²) in [4.78, 5) is 2.54. The minimum atomic E-state index is -0.0861. The summed E-state index contributed by atoms with van der Waals surface area (Å²) < 4.78 is 1.13. The molecule has 0 saturated carbocycles. The third kappa shape index (κ3) is 2.23. The van der Waals surface area contributed by atoms with Gasteiger partial charge in [-0.3, -0.25) is 0 Å². The molecule has 0 radical (unpaired) electrons. The molecule has 92 valence electrons. The van der Waals surface area contributed by atoms with Crippen LogP contribution in [0.2, 0.25) is 0 Å². The van der Waals surface area contributed by atoms with E-state index in [-0.39, 0.29) is 6.10 Å². The lowest BCUT2D eigenvalue weighted by molar-refractivity contribution is 0.0928. The van der Waals surface area contributed by atoms with Crippen molar-refractivity contribution in [2.45, 2.75) is 50.3 Å². The van der Waals surface area contributed by atoms with E-state index in [1.807, 2.05) is 0 Å². The molecule has 0 amide bonds. The van der Waals surface area contributed by atoms with E-state index >= 15 is 0 Å². The third-order valence-electron chi connectivity index (χ3n) is 4.07. The average molecular weight is 296 g/mol. The Morgan fingerprint density at radius 1 is 1.06 bits per heavy atom. The number of aliphatic hydroxyl groups is 1. The first-order valence-electron chi connectivity index (χ1n) is 6.46. The van der Waals surface area contributed by atoms with Crippen molar-refractivity contribution in [3.05, 3.63) is 28.7 Å². The third-order valence-corrected chi connectivity index (χ3v) is 4.60. The van der Waals surface area contributed by atoms with Crippen LogP contribution in [0.15, 0.2) is 28.7 Å². The molecule has 0 aliphatic carbocycles. The molecule has 0 aromatic heterocycles. The summed E-state index contributed by atoms with van der Waals surface area (Å²) in [5, 5.41) is 9.89. The number of benzene rings is 1. The van der Waals surface area contributed by atoms with E-state index in [1.165, 1.54) is 24.9 Å².